The van der Waals surface area contributed by atoms with E-state index in [-0.39, 0.29) is 5.78 Å². The van der Waals surface area contributed by atoms with E-state index >= 15 is 0 Å². The van der Waals surface area contributed by atoms with Gasteiger partial charge >= 0.3 is 0 Å². The zero-order chi connectivity index (χ0) is 10.6. The highest BCUT2D eigenvalue weighted by Gasteiger charge is 2.07. The van der Waals surface area contributed by atoms with Crippen LogP contribution in [0, 0.1) is 5.92 Å². The Bertz CT molecular complexity index is 320. The highest BCUT2D eigenvalue weighted by atomic mass is 16.1. The first kappa shape index (κ1) is 10.7. The Morgan fingerprint density at radius 3 is 2.36 bits per heavy atom. The molecule has 0 aliphatic carbocycles. The van der Waals surface area contributed by atoms with Crippen molar-refractivity contribution in [3.05, 3.63) is 42.0 Å². The van der Waals surface area contributed by atoms with Crippen LogP contribution < -0.4 is 0 Å². The molecule has 0 heterocycles. The lowest BCUT2D eigenvalue weighted by atomic mass is 10.0. The minimum atomic E-state index is 0.218. The number of ketones is 1. The number of hydrogen-bond acceptors (Lipinski definition) is 1. The van der Waals surface area contributed by atoms with Gasteiger partial charge in [0.25, 0.3) is 0 Å². The van der Waals surface area contributed by atoms with E-state index in [0.717, 1.165) is 11.1 Å². The Hall–Kier alpha value is -1.37. The summed E-state index contributed by atoms with van der Waals surface area (Å²) < 4.78 is 0. The van der Waals surface area contributed by atoms with E-state index < -0.39 is 0 Å². The van der Waals surface area contributed by atoms with Gasteiger partial charge in [-0.05, 0) is 11.5 Å². The minimum absolute atomic E-state index is 0.218. The van der Waals surface area contributed by atoms with Crippen molar-refractivity contribution in [2.75, 3.05) is 0 Å². The average Bonchev–Trinajstić information content (AvgIpc) is 2.17. The Balaban J connectivity index is 2.76. The number of carbonyl (C=O) groups excluding carboxylic acids is 1. The van der Waals surface area contributed by atoms with Gasteiger partial charge in [0.1, 0.15) is 0 Å². The molecular formula is C13H16O. The molecule has 0 bridgehead atoms. The number of rotatable bonds is 4. The molecule has 0 spiro atoms. The van der Waals surface area contributed by atoms with Gasteiger partial charge in [-0.25, -0.2) is 0 Å². The number of Topliss-reactive ketones (excluding diaryl/α,β-unsaturated/α-hetero) is 1. The molecule has 0 saturated heterocycles. The molecule has 0 N–H and O–H groups in total. The van der Waals surface area contributed by atoms with Crippen LogP contribution in [-0.2, 0) is 0 Å². The summed E-state index contributed by atoms with van der Waals surface area (Å²) in [6.45, 7) is 7.77. The van der Waals surface area contributed by atoms with Crippen molar-refractivity contribution in [3.8, 4) is 0 Å². The minimum Gasteiger partial charge on any atom is -0.294 e. The smallest absolute Gasteiger partial charge is 0.163 e. The molecule has 0 saturated carbocycles. The third kappa shape index (κ3) is 2.84. The zero-order valence-corrected chi connectivity index (χ0v) is 8.79. The van der Waals surface area contributed by atoms with E-state index in [1.54, 1.807) is 6.08 Å². The highest BCUT2D eigenvalue weighted by Crippen LogP contribution is 2.11. The maximum absolute atomic E-state index is 11.6. The van der Waals surface area contributed by atoms with E-state index in [4.69, 9.17) is 0 Å². The van der Waals surface area contributed by atoms with Crippen LogP contribution in [-0.4, -0.2) is 5.78 Å². The summed E-state index contributed by atoms with van der Waals surface area (Å²) in [5.74, 6) is 0.636. The van der Waals surface area contributed by atoms with E-state index in [0.29, 0.717) is 12.3 Å². The predicted molar refractivity (Wildman–Crippen MR) is 60.3 cm³/mol. The molecule has 0 amide bonds. The molecule has 0 unspecified atom stereocenters. The second-order valence-corrected chi connectivity index (χ2v) is 3.85. The van der Waals surface area contributed by atoms with Crippen LogP contribution in [0.25, 0.3) is 6.08 Å². The van der Waals surface area contributed by atoms with Gasteiger partial charge < -0.3 is 0 Å². The molecule has 0 atom stereocenters. The Morgan fingerprint density at radius 1 is 1.36 bits per heavy atom. The summed E-state index contributed by atoms with van der Waals surface area (Å²) in [4.78, 5) is 11.6. The van der Waals surface area contributed by atoms with Crippen molar-refractivity contribution in [3.63, 3.8) is 0 Å². The molecule has 0 aliphatic rings. The molecule has 1 heteroatoms. The zero-order valence-electron chi connectivity index (χ0n) is 8.79. The van der Waals surface area contributed by atoms with Gasteiger partial charge in [0.15, 0.2) is 5.78 Å². The van der Waals surface area contributed by atoms with Crippen molar-refractivity contribution >= 4 is 11.9 Å². The summed E-state index contributed by atoms with van der Waals surface area (Å²) in [6.07, 6.45) is 2.39. The molecule has 1 nitrogen and oxygen atoms in total. The third-order valence-electron chi connectivity index (χ3n) is 2.06. The van der Waals surface area contributed by atoms with Gasteiger partial charge in [-0.3, -0.25) is 4.79 Å². The second kappa shape index (κ2) is 4.75. The van der Waals surface area contributed by atoms with Crippen LogP contribution in [0.1, 0.15) is 36.2 Å². The van der Waals surface area contributed by atoms with E-state index in [1.165, 1.54) is 0 Å². The normalized spacial score (nSPS) is 10.2. The SMILES string of the molecule is C=Cc1ccc(C(=O)CC(C)C)cc1. The van der Waals surface area contributed by atoms with Crippen LogP contribution in [0.5, 0.6) is 0 Å². The molecule has 1 aromatic rings. The highest BCUT2D eigenvalue weighted by molar-refractivity contribution is 5.96. The number of hydrogen-bond donors (Lipinski definition) is 0. The quantitative estimate of drug-likeness (QED) is 0.660. The lowest BCUT2D eigenvalue weighted by Gasteiger charge is -2.03. The summed E-state index contributed by atoms with van der Waals surface area (Å²) >= 11 is 0. The van der Waals surface area contributed by atoms with E-state index in [9.17, 15) is 4.79 Å². The van der Waals surface area contributed by atoms with Gasteiger partial charge in [0.05, 0.1) is 0 Å². The molecular weight excluding hydrogens is 172 g/mol. The summed E-state index contributed by atoms with van der Waals surface area (Å²) in [5, 5.41) is 0. The molecule has 1 aromatic carbocycles. The molecule has 0 radical (unpaired) electrons. The lowest BCUT2D eigenvalue weighted by Crippen LogP contribution is -2.03. The fourth-order valence-electron chi connectivity index (χ4n) is 1.29. The maximum atomic E-state index is 11.6. The first-order chi connectivity index (χ1) is 6.63. The molecule has 1 rings (SSSR count). The standard InChI is InChI=1S/C13H16O/c1-4-11-5-7-12(8-6-11)13(14)9-10(2)3/h4-8,10H,1,9H2,2-3H3. The van der Waals surface area contributed by atoms with Crippen LogP contribution in [0.2, 0.25) is 0 Å². The van der Waals surface area contributed by atoms with Gasteiger partial charge in [-0.1, -0.05) is 50.8 Å². The Labute approximate surface area is 85.5 Å². The molecule has 0 aliphatic heterocycles. The van der Waals surface area contributed by atoms with Crippen LogP contribution in [0.4, 0.5) is 0 Å². The first-order valence-electron chi connectivity index (χ1n) is 4.89. The molecule has 0 fully saturated rings. The Morgan fingerprint density at radius 2 is 1.93 bits per heavy atom. The Kier molecular flexibility index (Phi) is 3.63. The van der Waals surface area contributed by atoms with Crippen LogP contribution >= 0.6 is 0 Å². The monoisotopic (exact) mass is 188 g/mol. The van der Waals surface area contributed by atoms with Gasteiger partial charge in [0, 0.05) is 12.0 Å². The van der Waals surface area contributed by atoms with E-state index in [2.05, 4.69) is 20.4 Å². The van der Waals surface area contributed by atoms with Gasteiger partial charge in [-0.2, -0.15) is 0 Å². The van der Waals surface area contributed by atoms with Gasteiger partial charge in [-0.15, -0.1) is 0 Å². The third-order valence-corrected chi connectivity index (χ3v) is 2.06. The topological polar surface area (TPSA) is 17.1 Å². The predicted octanol–water partition coefficient (Wildman–Crippen LogP) is 3.56. The van der Waals surface area contributed by atoms with Crippen molar-refractivity contribution in [1.82, 2.24) is 0 Å². The largest absolute Gasteiger partial charge is 0.294 e. The van der Waals surface area contributed by atoms with Crippen molar-refractivity contribution in [2.45, 2.75) is 20.3 Å². The van der Waals surface area contributed by atoms with Crippen LogP contribution in [0.15, 0.2) is 30.8 Å². The lowest BCUT2D eigenvalue weighted by molar-refractivity contribution is 0.0968. The fraction of sp³-hybridized carbons (Fsp3) is 0.308. The van der Waals surface area contributed by atoms with Crippen molar-refractivity contribution < 1.29 is 4.79 Å². The summed E-state index contributed by atoms with van der Waals surface area (Å²) in [7, 11) is 0. The molecule has 74 valence electrons. The fourth-order valence-corrected chi connectivity index (χ4v) is 1.29. The van der Waals surface area contributed by atoms with Gasteiger partial charge in [0.2, 0.25) is 0 Å². The maximum Gasteiger partial charge on any atom is 0.163 e. The first-order valence-corrected chi connectivity index (χ1v) is 4.89. The van der Waals surface area contributed by atoms with Crippen LogP contribution in [0.3, 0.4) is 0 Å². The van der Waals surface area contributed by atoms with Crippen molar-refractivity contribution in [2.24, 2.45) is 5.92 Å². The molecule has 14 heavy (non-hydrogen) atoms. The number of benzene rings is 1. The van der Waals surface area contributed by atoms with E-state index in [1.807, 2.05) is 24.3 Å². The second-order valence-electron chi connectivity index (χ2n) is 3.85. The molecule has 0 aromatic heterocycles. The summed E-state index contributed by atoms with van der Waals surface area (Å²) in [5.41, 5.74) is 1.84. The number of carbonyl (C=O) groups is 1. The van der Waals surface area contributed by atoms with Crippen molar-refractivity contribution in [1.29, 1.82) is 0 Å². The summed E-state index contributed by atoms with van der Waals surface area (Å²) in [6, 6.07) is 7.56. The average molecular weight is 188 g/mol.